The summed E-state index contributed by atoms with van der Waals surface area (Å²) in [5.74, 6) is 0.117. The first-order chi connectivity index (χ1) is 9.81. The number of amides is 1. The molecule has 0 aromatic carbocycles. The van der Waals surface area contributed by atoms with Crippen LogP contribution in [-0.2, 0) is 51.7 Å². The summed E-state index contributed by atoms with van der Waals surface area (Å²) in [7, 11) is 0. The van der Waals surface area contributed by atoms with E-state index in [0.29, 0.717) is 52.6 Å². The Morgan fingerprint density at radius 2 is 1.57 bits per heavy atom. The minimum absolute atomic E-state index is 0. The predicted molar refractivity (Wildman–Crippen MR) is 79.6 cm³/mol. The van der Waals surface area contributed by atoms with E-state index in [4.69, 9.17) is 14.2 Å². The van der Waals surface area contributed by atoms with Crippen molar-refractivity contribution in [2.75, 3.05) is 46.2 Å². The van der Waals surface area contributed by atoms with E-state index in [9.17, 15) is 4.79 Å². The maximum Gasteiger partial charge on any atom is 0.220 e. The molecule has 5 nitrogen and oxygen atoms in total. The van der Waals surface area contributed by atoms with E-state index >= 15 is 0 Å². The van der Waals surface area contributed by atoms with Crippen LogP contribution < -0.4 is 5.32 Å². The van der Waals surface area contributed by atoms with Crippen LogP contribution >= 0.6 is 0 Å². The van der Waals surface area contributed by atoms with Gasteiger partial charge in [-0.3, -0.25) is 4.79 Å². The zero-order chi connectivity index (χ0) is 14.9. The molecule has 0 aromatic rings. The van der Waals surface area contributed by atoms with E-state index in [0.717, 1.165) is 12.8 Å². The van der Waals surface area contributed by atoms with Gasteiger partial charge in [0.25, 0.3) is 0 Å². The van der Waals surface area contributed by atoms with Gasteiger partial charge in [-0.25, -0.2) is 0 Å². The van der Waals surface area contributed by atoms with Gasteiger partial charge in [-0.15, -0.1) is 0 Å². The van der Waals surface area contributed by atoms with Crippen molar-refractivity contribution in [3.63, 3.8) is 0 Å². The SMILES string of the molecule is [CH2-]COCCOCCOCCNC(=O)CCCCCC.[Y]. The van der Waals surface area contributed by atoms with Crippen molar-refractivity contribution >= 4 is 5.91 Å². The minimum atomic E-state index is 0. The van der Waals surface area contributed by atoms with Crippen molar-refractivity contribution in [1.82, 2.24) is 5.32 Å². The van der Waals surface area contributed by atoms with Crippen molar-refractivity contribution in [2.24, 2.45) is 0 Å². The molecule has 0 spiro atoms. The monoisotopic (exact) mass is 377 g/mol. The van der Waals surface area contributed by atoms with Crippen molar-refractivity contribution in [2.45, 2.75) is 39.0 Å². The summed E-state index contributed by atoms with van der Waals surface area (Å²) in [6, 6.07) is 0. The van der Waals surface area contributed by atoms with Crippen molar-refractivity contribution in [1.29, 1.82) is 0 Å². The van der Waals surface area contributed by atoms with Gasteiger partial charge in [-0.2, -0.15) is 0 Å². The van der Waals surface area contributed by atoms with Gasteiger partial charge in [0.05, 0.1) is 33.0 Å². The normalized spacial score (nSPS) is 10.2. The third-order valence-electron chi connectivity index (χ3n) is 2.71. The summed E-state index contributed by atoms with van der Waals surface area (Å²) in [6.45, 7) is 9.50. The van der Waals surface area contributed by atoms with E-state index in [1.54, 1.807) is 0 Å². The quantitative estimate of drug-likeness (QED) is 0.350. The minimum Gasteiger partial charge on any atom is -0.411 e. The summed E-state index contributed by atoms with van der Waals surface area (Å²) < 4.78 is 15.6. The van der Waals surface area contributed by atoms with Crippen LogP contribution in [0.15, 0.2) is 0 Å². The van der Waals surface area contributed by atoms with Crippen LogP contribution in [0.25, 0.3) is 0 Å². The van der Waals surface area contributed by atoms with Crippen LogP contribution in [0.3, 0.4) is 0 Å². The summed E-state index contributed by atoms with van der Waals surface area (Å²) in [6.07, 6.45) is 5.13. The fourth-order valence-electron chi connectivity index (χ4n) is 1.61. The fourth-order valence-corrected chi connectivity index (χ4v) is 1.61. The van der Waals surface area contributed by atoms with Crippen molar-refractivity contribution in [3.05, 3.63) is 6.92 Å². The van der Waals surface area contributed by atoms with Gasteiger partial charge in [0.2, 0.25) is 5.91 Å². The first-order valence-electron chi connectivity index (χ1n) is 7.60. The second-order valence-corrected chi connectivity index (χ2v) is 4.50. The average molecular weight is 377 g/mol. The second kappa shape index (κ2) is 20.5. The van der Waals surface area contributed by atoms with Crippen LogP contribution in [0.1, 0.15) is 39.0 Å². The summed E-state index contributed by atoms with van der Waals surface area (Å²) >= 11 is 0. The Morgan fingerprint density at radius 3 is 2.19 bits per heavy atom. The molecule has 0 aliphatic heterocycles. The molecule has 0 aliphatic carbocycles. The number of ether oxygens (including phenoxy) is 3. The van der Waals surface area contributed by atoms with Crippen molar-refractivity contribution in [3.8, 4) is 0 Å². The van der Waals surface area contributed by atoms with Crippen molar-refractivity contribution < 1.29 is 51.7 Å². The van der Waals surface area contributed by atoms with Gasteiger partial charge >= 0.3 is 0 Å². The molecule has 21 heavy (non-hydrogen) atoms. The van der Waals surface area contributed by atoms with E-state index < -0.39 is 0 Å². The zero-order valence-corrected chi connectivity index (χ0v) is 16.2. The van der Waals surface area contributed by atoms with Gasteiger partial charge in [-0.1, -0.05) is 32.8 Å². The Hall–Kier alpha value is 0.454. The molecule has 0 saturated carbocycles. The first-order valence-corrected chi connectivity index (χ1v) is 7.60. The predicted octanol–water partition coefficient (Wildman–Crippen LogP) is 1.95. The molecule has 0 fully saturated rings. The van der Waals surface area contributed by atoms with Gasteiger partial charge in [0.15, 0.2) is 0 Å². The van der Waals surface area contributed by atoms with Gasteiger partial charge < -0.3 is 26.5 Å². The number of hydrogen-bond acceptors (Lipinski definition) is 4. The largest absolute Gasteiger partial charge is 0.411 e. The Morgan fingerprint density at radius 1 is 0.952 bits per heavy atom. The van der Waals surface area contributed by atoms with E-state index in [1.807, 2.05) is 0 Å². The number of nitrogens with one attached hydrogen (secondary N) is 1. The molecule has 0 heterocycles. The van der Waals surface area contributed by atoms with E-state index in [2.05, 4.69) is 19.2 Å². The standard InChI is InChI=1S/C15H30NO4.Y/c1-3-5-6-7-8-15(17)16-9-10-19-13-14-20-12-11-18-4-2;/h2-14H2,1H3,(H,16,17);/q-1;. The first kappa shape index (κ1) is 23.7. The number of carbonyl (C=O) groups is 1. The molecule has 0 bridgehead atoms. The van der Waals surface area contributed by atoms with Gasteiger partial charge in [0.1, 0.15) is 0 Å². The molecule has 0 saturated heterocycles. The molecule has 6 heteroatoms. The maximum atomic E-state index is 11.4. The smallest absolute Gasteiger partial charge is 0.220 e. The summed E-state index contributed by atoms with van der Waals surface area (Å²) in [4.78, 5) is 11.4. The molecular formula is C15H30NO4Y-. The Labute approximate surface area is 154 Å². The van der Waals surface area contributed by atoms with Gasteiger partial charge in [0, 0.05) is 45.7 Å². The van der Waals surface area contributed by atoms with E-state index in [-0.39, 0.29) is 38.6 Å². The third kappa shape index (κ3) is 20.5. The van der Waals surface area contributed by atoms with Crippen LogP contribution in [-0.4, -0.2) is 52.1 Å². The van der Waals surface area contributed by atoms with Crippen LogP contribution in [0.5, 0.6) is 0 Å². The molecule has 0 rings (SSSR count). The number of rotatable bonds is 15. The molecule has 0 unspecified atom stereocenters. The number of unbranched alkanes of at least 4 members (excludes halogenated alkanes) is 3. The second-order valence-electron chi connectivity index (χ2n) is 4.50. The van der Waals surface area contributed by atoms with Crippen LogP contribution in [0.2, 0.25) is 0 Å². The topological polar surface area (TPSA) is 56.8 Å². The molecular weight excluding hydrogens is 347 g/mol. The molecule has 0 atom stereocenters. The molecule has 1 N–H and O–H groups in total. The van der Waals surface area contributed by atoms with Crippen LogP contribution in [0.4, 0.5) is 0 Å². The summed E-state index contributed by atoms with van der Waals surface area (Å²) in [5, 5.41) is 2.85. The van der Waals surface area contributed by atoms with Crippen LogP contribution in [0, 0.1) is 6.92 Å². The fraction of sp³-hybridized carbons (Fsp3) is 0.867. The Bertz CT molecular complexity index is 218. The molecule has 1 radical (unpaired) electrons. The third-order valence-corrected chi connectivity index (χ3v) is 2.71. The average Bonchev–Trinajstić information content (AvgIpc) is 2.45. The zero-order valence-electron chi connectivity index (χ0n) is 13.4. The molecule has 123 valence electrons. The maximum absolute atomic E-state index is 11.4. The Kier molecular flexibility index (Phi) is 23.1. The Balaban J connectivity index is 0. The summed E-state index contributed by atoms with van der Waals surface area (Å²) in [5.41, 5.74) is 0. The van der Waals surface area contributed by atoms with Gasteiger partial charge in [-0.05, 0) is 6.42 Å². The molecule has 0 aliphatic rings. The molecule has 1 amide bonds. The molecule has 0 aromatic heterocycles. The van der Waals surface area contributed by atoms with E-state index in [1.165, 1.54) is 12.8 Å². The number of hydrogen-bond donors (Lipinski definition) is 1. The number of carbonyl (C=O) groups excluding carboxylic acids is 1.